The molecule has 0 heterocycles. The molecule has 56 heavy (non-hydrogen) atoms. The van der Waals surface area contributed by atoms with Crippen molar-refractivity contribution in [2.45, 2.75) is 225 Å². The van der Waals surface area contributed by atoms with Gasteiger partial charge in [-0.25, -0.2) is 4.57 Å². The number of quaternary nitrogens is 1. The minimum atomic E-state index is -4.37. The van der Waals surface area contributed by atoms with Crippen molar-refractivity contribution in [3.05, 3.63) is 12.2 Å². The summed E-state index contributed by atoms with van der Waals surface area (Å²) in [7, 11) is 1.48. The molecule has 0 radical (unpaired) electrons. The fourth-order valence-corrected chi connectivity index (χ4v) is 7.34. The normalized spacial score (nSPS) is 13.6. The minimum absolute atomic E-state index is 0.0332. The third-order valence-electron chi connectivity index (χ3n) is 10.3. The molecule has 0 rings (SSSR count). The Morgan fingerprint density at radius 2 is 0.911 bits per heavy atom. The molecular formula is C46H91NO8P+. The fourth-order valence-electron chi connectivity index (χ4n) is 6.60. The van der Waals surface area contributed by atoms with Gasteiger partial charge in [0.05, 0.1) is 27.7 Å². The molecule has 0 saturated heterocycles. The topological polar surface area (TPSA) is 108 Å². The number of carbonyl (C=O) groups excluding carboxylic acids is 2. The van der Waals surface area contributed by atoms with Crippen molar-refractivity contribution >= 4 is 19.8 Å². The van der Waals surface area contributed by atoms with Crippen LogP contribution >= 0.6 is 7.82 Å². The van der Waals surface area contributed by atoms with E-state index in [2.05, 4.69) is 26.0 Å². The van der Waals surface area contributed by atoms with Gasteiger partial charge in [0.15, 0.2) is 6.10 Å². The van der Waals surface area contributed by atoms with Gasteiger partial charge in [0, 0.05) is 12.8 Å². The van der Waals surface area contributed by atoms with Crippen LogP contribution in [-0.2, 0) is 32.7 Å². The third kappa shape index (κ3) is 42.4. The van der Waals surface area contributed by atoms with Crippen LogP contribution in [0, 0.1) is 0 Å². The number of nitrogens with zero attached hydrogens (tertiary/aromatic N) is 1. The van der Waals surface area contributed by atoms with Gasteiger partial charge in [-0.2, -0.15) is 0 Å². The molecular weight excluding hydrogens is 725 g/mol. The number of rotatable bonds is 43. The first-order valence-corrected chi connectivity index (χ1v) is 24.9. The highest BCUT2D eigenvalue weighted by molar-refractivity contribution is 7.47. The number of hydrogen-bond donors (Lipinski definition) is 1. The molecule has 0 aliphatic heterocycles. The number of ether oxygens (including phenoxy) is 2. The Hall–Kier alpha value is -1.25. The highest BCUT2D eigenvalue weighted by Gasteiger charge is 2.27. The average molecular weight is 817 g/mol. The molecule has 0 amide bonds. The lowest BCUT2D eigenvalue weighted by molar-refractivity contribution is -0.870. The number of unbranched alkanes of at least 4 members (excludes halogenated alkanes) is 27. The summed E-state index contributed by atoms with van der Waals surface area (Å²) < 4.78 is 34.3. The van der Waals surface area contributed by atoms with E-state index in [-0.39, 0.29) is 25.6 Å². The molecule has 0 saturated carbocycles. The van der Waals surface area contributed by atoms with E-state index < -0.39 is 26.5 Å². The number of likely N-dealkylation sites (N-methyl/N-ethyl adjacent to an activating group) is 1. The number of carbonyl (C=O) groups is 2. The molecule has 2 unspecified atom stereocenters. The Balaban J connectivity index is 4.25. The molecule has 0 aromatic heterocycles. The average Bonchev–Trinajstić information content (AvgIpc) is 3.15. The SMILES string of the molecule is CCCCCC/C=C\CCCCCCCC(=O)OC(COC(=O)CCCCCCCCCCCCCCCCCCCCC)COP(=O)(O)OCC[N+](C)(C)C. The van der Waals surface area contributed by atoms with Gasteiger partial charge in [-0.15, -0.1) is 0 Å². The number of esters is 2. The van der Waals surface area contributed by atoms with Gasteiger partial charge in [0.1, 0.15) is 19.8 Å². The van der Waals surface area contributed by atoms with Gasteiger partial charge >= 0.3 is 19.8 Å². The van der Waals surface area contributed by atoms with Crippen molar-refractivity contribution < 1.29 is 42.1 Å². The summed E-state index contributed by atoms with van der Waals surface area (Å²) >= 11 is 0. The summed E-state index contributed by atoms with van der Waals surface area (Å²) in [4.78, 5) is 35.4. The number of phosphoric acid groups is 1. The van der Waals surface area contributed by atoms with E-state index in [4.69, 9.17) is 18.5 Å². The quantitative estimate of drug-likeness (QED) is 0.0213. The van der Waals surface area contributed by atoms with Crippen LogP contribution < -0.4 is 0 Å². The van der Waals surface area contributed by atoms with Crippen molar-refractivity contribution in [3.8, 4) is 0 Å². The molecule has 9 nitrogen and oxygen atoms in total. The molecule has 0 aromatic carbocycles. The van der Waals surface area contributed by atoms with Gasteiger partial charge in [0.2, 0.25) is 0 Å². The predicted octanol–water partition coefficient (Wildman–Crippen LogP) is 13.4. The Labute approximate surface area is 346 Å². The molecule has 2 atom stereocenters. The van der Waals surface area contributed by atoms with Crippen LogP contribution in [0.5, 0.6) is 0 Å². The zero-order valence-electron chi connectivity index (χ0n) is 37.4. The maximum atomic E-state index is 12.7. The standard InChI is InChI=1S/C46H90NO8P/c1-6-8-10-12-14-16-18-20-21-22-23-24-25-27-28-30-32-34-36-38-45(48)52-42-44(43-54-56(50,51)53-41-40-47(3,4)5)55-46(49)39-37-35-33-31-29-26-19-17-15-13-11-9-7-2/h17,19,44H,6-16,18,20-43H2,1-5H3/p+1/b19-17-. The van der Waals surface area contributed by atoms with E-state index in [1.54, 1.807) is 0 Å². The molecule has 332 valence electrons. The smallest absolute Gasteiger partial charge is 0.462 e. The largest absolute Gasteiger partial charge is 0.472 e. The Morgan fingerprint density at radius 3 is 1.34 bits per heavy atom. The first-order chi connectivity index (χ1) is 27.0. The van der Waals surface area contributed by atoms with Gasteiger partial charge in [-0.1, -0.05) is 180 Å². The van der Waals surface area contributed by atoms with Crippen LogP contribution in [0.25, 0.3) is 0 Å². The van der Waals surface area contributed by atoms with Crippen molar-refractivity contribution in [2.75, 3.05) is 47.5 Å². The second-order valence-corrected chi connectivity index (χ2v) is 18.6. The van der Waals surface area contributed by atoms with Crippen molar-refractivity contribution in [3.63, 3.8) is 0 Å². The van der Waals surface area contributed by atoms with E-state index in [1.807, 2.05) is 21.1 Å². The second-order valence-electron chi connectivity index (χ2n) is 17.1. The van der Waals surface area contributed by atoms with E-state index in [1.165, 1.54) is 135 Å². The third-order valence-corrected chi connectivity index (χ3v) is 11.3. The van der Waals surface area contributed by atoms with Gasteiger partial charge in [-0.05, 0) is 38.5 Å². The summed E-state index contributed by atoms with van der Waals surface area (Å²) in [6.45, 7) is 4.43. The lowest BCUT2D eigenvalue weighted by Crippen LogP contribution is -2.37. The molecule has 1 N–H and O–H groups in total. The monoisotopic (exact) mass is 817 g/mol. The van der Waals surface area contributed by atoms with Crippen LogP contribution in [0.15, 0.2) is 12.2 Å². The zero-order valence-corrected chi connectivity index (χ0v) is 38.3. The lowest BCUT2D eigenvalue weighted by Gasteiger charge is -2.24. The van der Waals surface area contributed by atoms with Crippen LogP contribution in [0.3, 0.4) is 0 Å². The number of phosphoric ester groups is 1. The van der Waals surface area contributed by atoms with Crippen LogP contribution in [0.4, 0.5) is 0 Å². The number of allylic oxidation sites excluding steroid dienone is 2. The highest BCUT2D eigenvalue weighted by atomic mass is 31.2. The fraction of sp³-hybridized carbons (Fsp3) is 0.913. The lowest BCUT2D eigenvalue weighted by atomic mass is 10.0. The van der Waals surface area contributed by atoms with Crippen LogP contribution in [0.2, 0.25) is 0 Å². The minimum Gasteiger partial charge on any atom is -0.462 e. The van der Waals surface area contributed by atoms with Gasteiger partial charge in [-0.3, -0.25) is 18.6 Å². The molecule has 0 aromatic rings. The van der Waals surface area contributed by atoms with Crippen LogP contribution in [0.1, 0.15) is 219 Å². The van der Waals surface area contributed by atoms with E-state index in [0.717, 1.165) is 51.4 Å². The summed E-state index contributed by atoms with van der Waals surface area (Å²) in [5.41, 5.74) is 0. The Kier molecular flexibility index (Phi) is 38.3. The summed E-state index contributed by atoms with van der Waals surface area (Å²) in [6.07, 6.45) is 41.1. The summed E-state index contributed by atoms with van der Waals surface area (Å²) in [5.74, 6) is -0.797. The van der Waals surface area contributed by atoms with Crippen molar-refractivity contribution in [1.29, 1.82) is 0 Å². The Morgan fingerprint density at radius 1 is 0.536 bits per heavy atom. The summed E-state index contributed by atoms with van der Waals surface area (Å²) in [6, 6.07) is 0. The maximum absolute atomic E-state index is 12.7. The predicted molar refractivity (Wildman–Crippen MR) is 234 cm³/mol. The molecule has 0 aliphatic rings. The van der Waals surface area contributed by atoms with E-state index >= 15 is 0 Å². The molecule has 10 heteroatoms. The zero-order chi connectivity index (χ0) is 41.4. The molecule has 0 spiro atoms. The van der Waals surface area contributed by atoms with Crippen molar-refractivity contribution in [2.24, 2.45) is 0 Å². The van der Waals surface area contributed by atoms with E-state index in [0.29, 0.717) is 23.9 Å². The number of hydrogen-bond acceptors (Lipinski definition) is 7. The van der Waals surface area contributed by atoms with Gasteiger partial charge in [0.25, 0.3) is 0 Å². The molecule has 0 fully saturated rings. The molecule has 0 bridgehead atoms. The maximum Gasteiger partial charge on any atom is 0.472 e. The highest BCUT2D eigenvalue weighted by Crippen LogP contribution is 2.43. The first-order valence-electron chi connectivity index (χ1n) is 23.4. The van der Waals surface area contributed by atoms with E-state index in [9.17, 15) is 19.0 Å². The van der Waals surface area contributed by atoms with Gasteiger partial charge < -0.3 is 18.9 Å². The summed E-state index contributed by atoms with van der Waals surface area (Å²) in [5, 5.41) is 0. The first kappa shape index (κ1) is 54.8. The van der Waals surface area contributed by atoms with Crippen molar-refractivity contribution in [1.82, 2.24) is 0 Å². The molecule has 0 aliphatic carbocycles. The second kappa shape index (κ2) is 39.2. The van der Waals surface area contributed by atoms with Crippen LogP contribution in [-0.4, -0.2) is 74.9 Å². The Bertz CT molecular complexity index is 969.